The van der Waals surface area contributed by atoms with Gasteiger partial charge < -0.3 is 15.2 Å². The molecule has 0 bridgehead atoms. The van der Waals surface area contributed by atoms with Crippen LogP contribution in [0.25, 0.3) is 11.4 Å². The molecule has 1 heterocycles. The predicted molar refractivity (Wildman–Crippen MR) is 127 cm³/mol. The highest BCUT2D eigenvalue weighted by molar-refractivity contribution is 5.65. The molecule has 0 fully saturated rings. The van der Waals surface area contributed by atoms with Crippen molar-refractivity contribution in [3.05, 3.63) is 96.7 Å². The van der Waals surface area contributed by atoms with Crippen LogP contribution in [0.2, 0.25) is 0 Å². The zero-order valence-corrected chi connectivity index (χ0v) is 18.6. The van der Waals surface area contributed by atoms with Gasteiger partial charge in [0.2, 0.25) is 5.62 Å². The van der Waals surface area contributed by atoms with Crippen molar-refractivity contribution in [1.29, 1.82) is 0 Å². The van der Waals surface area contributed by atoms with Gasteiger partial charge in [0, 0.05) is 36.9 Å². The number of aromatic nitrogens is 2. The third-order valence-electron chi connectivity index (χ3n) is 4.99. The molecule has 30 heavy (non-hydrogen) atoms. The monoisotopic (exact) mass is 403 g/mol. The van der Waals surface area contributed by atoms with Crippen LogP contribution in [0.1, 0.15) is 55.6 Å². The maximum Gasteiger partial charge on any atom is 0.229 e. The Kier molecular flexibility index (Phi) is 7.98. The van der Waals surface area contributed by atoms with Crippen LogP contribution in [0.15, 0.2) is 73.7 Å². The van der Waals surface area contributed by atoms with Gasteiger partial charge >= 0.3 is 0 Å². The molecule has 0 spiro atoms. The Hall–Kier alpha value is -3.34. The highest BCUT2D eigenvalue weighted by Crippen LogP contribution is 2.24. The quantitative estimate of drug-likeness (QED) is 0.597. The first-order chi connectivity index (χ1) is 14.3. The fraction of sp³-hybridized carbons (Fsp3) is 0.280. The maximum atomic E-state index is 4.56. The van der Waals surface area contributed by atoms with E-state index in [-0.39, 0.29) is 6.04 Å². The van der Waals surface area contributed by atoms with Crippen LogP contribution in [-0.4, -0.2) is 9.55 Å². The smallest absolute Gasteiger partial charge is 0.229 e. The molecular formula is C25H33N5. The number of benzene rings is 1. The molecule has 1 unspecified atom stereocenters. The summed E-state index contributed by atoms with van der Waals surface area (Å²) in [6.07, 6.45) is 5.19. The first-order valence-corrected chi connectivity index (χ1v) is 10.2. The number of hydrogen-bond donors (Lipinski definition) is 2. The molecule has 0 radical (unpaired) electrons. The Morgan fingerprint density at radius 3 is 2.57 bits per heavy atom. The first kappa shape index (κ1) is 22.9. The van der Waals surface area contributed by atoms with E-state index >= 15 is 0 Å². The number of nitrogens with one attached hydrogen (secondary N) is 2. The highest BCUT2D eigenvalue weighted by Gasteiger charge is 2.13. The Morgan fingerprint density at radius 1 is 1.20 bits per heavy atom. The van der Waals surface area contributed by atoms with Gasteiger partial charge in [-0.15, -0.1) is 0 Å². The molecule has 5 heteroatoms. The van der Waals surface area contributed by atoms with Gasteiger partial charge in [-0.2, -0.15) is 0 Å². The summed E-state index contributed by atoms with van der Waals surface area (Å²) in [5, 5.41) is 6.75. The predicted octanol–water partition coefficient (Wildman–Crippen LogP) is 4.83. The topological polar surface area (TPSA) is 54.2 Å². The van der Waals surface area contributed by atoms with E-state index in [1.807, 2.05) is 23.9 Å². The van der Waals surface area contributed by atoms with Crippen LogP contribution in [0, 0.1) is 0 Å². The Bertz CT molecular complexity index is 1030. The SMILES string of the molecule is C=CN=c1nc(C(=C)NC(C)c2ccc(C(=C)NC(=C)CC)cc2CC)ccn1C. The summed E-state index contributed by atoms with van der Waals surface area (Å²) < 4.78 is 1.84. The summed E-state index contributed by atoms with van der Waals surface area (Å²) in [6, 6.07) is 8.43. The van der Waals surface area contributed by atoms with Gasteiger partial charge in [-0.3, -0.25) is 0 Å². The zero-order valence-electron chi connectivity index (χ0n) is 18.6. The third kappa shape index (κ3) is 5.60. The number of rotatable bonds is 10. The van der Waals surface area contributed by atoms with E-state index < -0.39 is 0 Å². The minimum absolute atomic E-state index is 0.0730. The van der Waals surface area contributed by atoms with Crippen molar-refractivity contribution in [3.8, 4) is 0 Å². The number of hydrogen-bond acceptors (Lipinski definition) is 4. The molecule has 0 aliphatic carbocycles. The number of nitrogens with zero attached hydrogens (tertiary/aromatic N) is 3. The summed E-state index contributed by atoms with van der Waals surface area (Å²) in [5.41, 5.74) is 7.47. The average Bonchev–Trinajstić information content (AvgIpc) is 2.74. The Labute approximate surface area is 180 Å². The molecule has 5 nitrogen and oxygen atoms in total. The van der Waals surface area contributed by atoms with Gasteiger partial charge in [-0.05, 0) is 48.6 Å². The van der Waals surface area contributed by atoms with Gasteiger partial charge in [0.05, 0.1) is 11.4 Å². The van der Waals surface area contributed by atoms with Gasteiger partial charge in [-0.1, -0.05) is 52.3 Å². The standard InChI is InChI=1S/C25H33N5/c1-9-17(4)27-18(5)22-12-13-23(21(10-2)16-22)19(6)28-20(7)24-14-15-30(8)25(29-24)26-11-3/h11-16,19,27-28H,3-5,7,9-10H2,1-2,6,8H3. The van der Waals surface area contributed by atoms with Crippen molar-refractivity contribution in [2.24, 2.45) is 12.0 Å². The third-order valence-corrected chi connectivity index (χ3v) is 4.99. The molecular weight excluding hydrogens is 370 g/mol. The number of aryl methyl sites for hydroxylation is 2. The molecule has 1 aromatic carbocycles. The molecule has 158 valence electrons. The summed E-state index contributed by atoms with van der Waals surface area (Å²) in [6.45, 7) is 22.3. The Balaban J connectivity index is 2.23. The summed E-state index contributed by atoms with van der Waals surface area (Å²) in [5.74, 6) is 0. The zero-order chi connectivity index (χ0) is 22.3. The summed E-state index contributed by atoms with van der Waals surface area (Å²) >= 11 is 0. The molecule has 2 N–H and O–H groups in total. The molecule has 1 aromatic heterocycles. The molecule has 0 aliphatic rings. The van der Waals surface area contributed by atoms with Crippen LogP contribution in [0.5, 0.6) is 0 Å². The summed E-state index contributed by atoms with van der Waals surface area (Å²) in [4.78, 5) is 8.75. The van der Waals surface area contributed by atoms with Crippen molar-refractivity contribution in [2.75, 3.05) is 0 Å². The first-order valence-electron chi connectivity index (χ1n) is 10.2. The number of allylic oxidation sites excluding steroid dienone is 1. The lowest BCUT2D eigenvalue weighted by molar-refractivity contribution is 0.686. The fourth-order valence-electron chi connectivity index (χ4n) is 3.15. The van der Waals surface area contributed by atoms with E-state index in [2.05, 4.69) is 85.9 Å². The molecule has 2 aromatic rings. The maximum absolute atomic E-state index is 4.56. The van der Waals surface area contributed by atoms with Gasteiger partial charge in [-0.25, -0.2) is 9.98 Å². The Morgan fingerprint density at radius 2 is 1.93 bits per heavy atom. The molecule has 0 amide bonds. The minimum Gasteiger partial charge on any atom is -0.377 e. The lowest BCUT2D eigenvalue weighted by Crippen LogP contribution is -2.25. The van der Waals surface area contributed by atoms with Gasteiger partial charge in [0.15, 0.2) is 0 Å². The van der Waals surface area contributed by atoms with Crippen molar-refractivity contribution >= 4 is 11.4 Å². The van der Waals surface area contributed by atoms with Crippen molar-refractivity contribution in [1.82, 2.24) is 20.2 Å². The normalized spacial score (nSPS) is 12.2. The van der Waals surface area contributed by atoms with Crippen LogP contribution in [-0.2, 0) is 13.5 Å². The lowest BCUT2D eigenvalue weighted by Gasteiger charge is -2.21. The van der Waals surface area contributed by atoms with E-state index in [0.29, 0.717) is 5.62 Å². The second-order valence-corrected chi connectivity index (χ2v) is 7.21. The van der Waals surface area contributed by atoms with Crippen LogP contribution in [0.4, 0.5) is 0 Å². The van der Waals surface area contributed by atoms with Crippen LogP contribution in [0.3, 0.4) is 0 Å². The van der Waals surface area contributed by atoms with E-state index in [1.54, 1.807) is 0 Å². The average molecular weight is 404 g/mol. The molecule has 0 aliphatic heterocycles. The van der Waals surface area contributed by atoms with Gasteiger partial charge in [0.1, 0.15) is 0 Å². The van der Waals surface area contributed by atoms with Crippen molar-refractivity contribution < 1.29 is 0 Å². The van der Waals surface area contributed by atoms with Gasteiger partial charge in [0.25, 0.3) is 0 Å². The second kappa shape index (κ2) is 10.4. The van der Waals surface area contributed by atoms with Crippen molar-refractivity contribution in [3.63, 3.8) is 0 Å². The molecule has 1 atom stereocenters. The second-order valence-electron chi connectivity index (χ2n) is 7.21. The van der Waals surface area contributed by atoms with E-state index in [0.717, 1.165) is 41.2 Å². The fourth-order valence-corrected chi connectivity index (χ4v) is 3.15. The lowest BCUT2D eigenvalue weighted by atomic mass is 9.96. The van der Waals surface area contributed by atoms with E-state index in [9.17, 15) is 0 Å². The largest absolute Gasteiger partial charge is 0.377 e. The molecule has 0 saturated carbocycles. The van der Waals surface area contributed by atoms with E-state index in [1.165, 1.54) is 17.3 Å². The molecule has 0 saturated heterocycles. The van der Waals surface area contributed by atoms with Crippen LogP contribution < -0.4 is 16.3 Å². The highest BCUT2D eigenvalue weighted by atomic mass is 15.1. The van der Waals surface area contributed by atoms with E-state index in [4.69, 9.17) is 0 Å². The van der Waals surface area contributed by atoms with Crippen molar-refractivity contribution in [2.45, 2.75) is 39.7 Å². The summed E-state index contributed by atoms with van der Waals surface area (Å²) in [7, 11) is 1.89. The van der Waals surface area contributed by atoms with Crippen LogP contribution >= 0.6 is 0 Å². The minimum atomic E-state index is 0.0730. The molecule has 2 rings (SSSR count).